The van der Waals surface area contributed by atoms with Gasteiger partial charge in [0.05, 0.1) is 17.1 Å². The Bertz CT molecular complexity index is 790. The minimum absolute atomic E-state index is 0.330. The monoisotopic (exact) mass is 347 g/mol. The molecule has 1 aliphatic carbocycles. The lowest BCUT2D eigenvalue weighted by molar-refractivity contribution is 0.510. The molecule has 0 bridgehead atoms. The molecule has 0 fully saturated rings. The van der Waals surface area contributed by atoms with Gasteiger partial charge in [0.25, 0.3) is 0 Å². The maximum absolute atomic E-state index is 6.20. The zero-order valence-corrected chi connectivity index (χ0v) is 13.2. The van der Waals surface area contributed by atoms with Crippen molar-refractivity contribution in [1.29, 1.82) is 0 Å². The van der Waals surface area contributed by atoms with Crippen LogP contribution in [-0.2, 0) is 6.42 Å². The highest BCUT2D eigenvalue weighted by atomic mass is 79.9. The summed E-state index contributed by atoms with van der Waals surface area (Å²) in [6.07, 6.45) is 3.55. The van der Waals surface area contributed by atoms with Crippen LogP contribution in [-0.4, -0.2) is 9.55 Å². The number of benzene rings is 1. The molecular weight excluding hydrogens is 334 g/mol. The van der Waals surface area contributed by atoms with Gasteiger partial charge in [0, 0.05) is 9.35 Å². The first-order chi connectivity index (χ1) is 9.74. The standard InChI is InChI=1S/C15H14BrN3S/c16-9-4-5-13-11(8-9)18-15(17)19(13)12-2-1-3-14-10(12)6-7-20-14/h4-8,12H,1-3H2,(H2,17,18). The molecule has 2 heterocycles. The van der Waals surface area contributed by atoms with Crippen molar-refractivity contribution in [3.8, 4) is 0 Å². The molecule has 0 saturated heterocycles. The number of hydrogen-bond acceptors (Lipinski definition) is 3. The predicted octanol–water partition coefficient (Wildman–Crippen LogP) is 4.37. The van der Waals surface area contributed by atoms with Crippen molar-refractivity contribution in [3.05, 3.63) is 44.6 Å². The summed E-state index contributed by atoms with van der Waals surface area (Å²) >= 11 is 5.35. The van der Waals surface area contributed by atoms with Crippen molar-refractivity contribution in [2.24, 2.45) is 0 Å². The molecule has 4 rings (SSSR count). The Labute approximate surface area is 129 Å². The Morgan fingerprint density at radius 1 is 1.35 bits per heavy atom. The summed E-state index contributed by atoms with van der Waals surface area (Å²) in [6, 6.07) is 8.75. The van der Waals surface area contributed by atoms with Crippen LogP contribution >= 0.6 is 27.3 Å². The van der Waals surface area contributed by atoms with Gasteiger partial charge in [-0.2, -0.15) is 0 Å². The highest BCUT2D eigenvalue weighted by Crippen LogP contribution is 2.39. The third-order valence-corrected chi connectivity index (χ3v) is 5.50. The summed E-state index contributed by atoms with van der Waals surface area (Å²) in [6.45, 7) is 0. The molecule has 20 heavy (non-hydrogen) atoms. The first-order valence-corrected chi connectivity index (χ1v) is 8.40. The van der Waals surface area contributed by atoms with Crippen molar-refractivity contribution in [2.75, 3.05) is 5.73 Å². The van der Waals surface area contributed by atoms with Gasteiger partial charge >= 0.3 is 0 Å². The van der Waals surface area contributed by atoms with Crippen molar-refractivity contribution in [2.45, 2.75) is 25.3 Å². The Hall–Kier alpha value is -1.33. The summed E-state index contributed by atoms with van der Waals surface area (Å²) in [5, 5.41) is 2.19. The molecule has 1 unspecified atom stereocenters. The van der Waals surface area contributed by atoms with E-state index in [9.17, 15) is 0 Å². The molecule has 2 N–H and O–H groups in total. The molecule has 1 aliphatic rings. The van der Waals surface area contributed by atoms with E-state index in [0.29, 0.717) is 12.0 Å². The van der Waals surface area contributed by atoms with Crippen LogP contribution in [0.2, 0.25) is 0 Å². The summed E-state index contributed by atoms with van der Waals surface area (Å²) in [5.41, 5.74) is 9.70. The fourth-order valence-corrected chi connectivity index (χ4v) is 4.48. The van der Waals surface area contributed by atoms with E-state index in [1.165, 1.54) is 23.3 Å². The van der Waals surface area contributed by atoms with Gasteiger partial charge < -0.3 is 10.3 Å². The summed E-state index contributed by atoms with van der Waals surface area (Å²) in [5.74, 6) is 0.613. The SMILES string of the molecule is Nc1nc2cc(Br)ccc2n1C1CCCc2sccc21. The smallest absolute Gasteiger partial charge is 0.201 e. The second-order valence-corrected chi connectivity index (χ2v) is 7.10. The zero-order chi connectivity index (χ0) is 13.7. The fraction of sp³-hybridized carbons (Fsp3) is 0.267. The molecule has 5 heteroatoms. The molecule has 1 aromatic carbocycles. The van der Waals surface area contributed by atoms with Crippen LogP contribution in [0.15, 0.2) is 34.1 Å². The topological polar surface area (TPSA) is 43.8 Å². The van der Waals surface area contributed by atoms with Crippen molar-refractivity contribution < 1.29 is 0 Å². The molecule has 1 atom stereocenters. The van der Waals surface area contributed by atoms with E-state index in [2.05, 4.69) is 49.1 Å². The summed E-state index contributed by atoms with van der Waals surface area (Å²) in [4.78, 5) is 6.02. The Morgan fingerprint density at radius 3 is 3.15 bits per heavy atom. The van der Waals surface area contributed by atoms with E-state index in [1.54, 1.807) is 0 Å². The number of aryl methyl sites for hydroxylation is 1. The molecule has 2 aromatic heterocycles. The number of halogens is 1. The number of rotatable bonds is 1. The molecule has 0 amide bonds. The number of imidazole rings is 1. The van der Waals surface area contributed by atoms with Gasteiger partial charge in [-0.05, 0) is 54.5 Å². The minimum atomic E-state index is 0.330. The second kappa shape index (κ2) is 4.60. The number of nitrogens with two attached hydrogens (primary N) is 1. The quantitative estimate of drug-likeness (QED) is 0.710. The van der Waals surface area contributed by atoms with Crippen LogP contribution in [0.1, 0.15) is 29.3 Å². The van der Waals surface area contributed by atoms with Gasteiger partial charge in [-0.1, -0.05) is 15.9 Å². The van der Waals surface area contributed by atoms with E-state index in [4.69, 9.17) is 5.73 Å². The maximum atomic E-state index is 6.20. The third kappa shape index (κ3) is 1.80. The molecular formula is C15H14BrN3S. The van der Waals surface area contributed by atoms with Gasteiger partial charge in [0.15, 0.2) is 0 Å². The van der Waals surface area contributed by atoms with Gasteiger partial charge in [0.1, 0.15) is 0 Å². The van der Waals surface area contributed by atoms with E-state index in [0.717, 1.165) is 21.9 Å². The van der Waals surface area contributed by atoms with Crippen LogP contribution in [0.25, 0.3) is 11.0 Å². The summed E-state index contributed by atoms with van der Waals surface area (Å²) < 4.78 is 3.24. The number of nitrogen functional groups attached to an aromatic ring is 1. The van der Waals surface area contributed by atoms with E-state index in [-0.39, 0.29) is 0 Å². The Kier molecular flexibility index (Phi) is 2.86. The number of thiophene rings is 1. The number of nitrogens with zero attached hydrogens (tertiary/aromatic N) is 2. The van der Waals surface area contributed by atoms with E-state index >= 15 is 0 Å². The summed E-state index contributed by atoms with van der Waals surface area (Å²) in [7, 11) is 0. The van der Waals surface area contributed by atoms with Crippen LogP contribution in [0.4, 0.5) is 5.95 Å². The Balaban J connectivity index is 1.94. The van der Waals surface area contributed by atoms with E-state index < -0.39 is 0 Å². The van der Waals surface area contributed by atoms with Crippen LogP contribution in [0.5, 0.6) is 0 Å². The highest BCUT2D eigenvalue weighted by molar-refractivity contribution is 9.10. The molecule has 3 nitrogen and oxygen atoms in total. The normalized spacial score (nSPS) is 18.4. The largest absolute Gasteiger partial charge is 0.369 e. The lowest BCUT2D eigenvalue weighted by atomic mass is 9.93. The van der Waals surface area contributed by atoms with Gasteiger partial charge in [0.2, 0.25) is 5.95 Å². The van der Waals surface area contributed by atoms with Gasteiger partial charge in [-0.25, -0.2) is 4.98 Å². The predicted molar refractivity (Wildman–Crippen MR) is 87.2 cm³/mol. The minimum Gasteiger partial charge on any atom is -0.369 e. The van der Waals surface area contributed by atoms with Crippen molar-refractivity contribution in [1.82, 2.24) is 9.55 Å². The maximum Gasteiger partial charge on any atom is 0.201 e. The molecule has 0 spiro atoms. The molecule has 0 aliphatic heterocycles. The fourth-order valence-electron chi connectivity index (χ4n) is 3.15. The molecule has 3 aromatic rings. The second-order valence-electron chi connectivity index (χ2n) is 5.18. The van der Waals surface area contributed by atoms with Crippen molar-refractivity contribution in [3.63, 3.8) is 0 Å². The average Bonchev–Trinajstić information content (AvgIpc) is 3.01. The van der Waals surface area contributed by atoms with Crippen LogP contribution < -0.4 is 5.73 Å². The molecule has 0 radical (unpaired) electrons. The molecule has 0 saturated carbocycles. The van der Waals surface area contributed by atoms with Gasteiger partial charge in [-0.3, -0.25) is 0 Å². The zero-order valence-electron chi connectivity index (χ0n) is 10.8. The van der Waals surface area contributed by atoms with E-state index in [1.807, 2.05) is 17.4 Å². The van der Waals surface area contributed by atoms with Crippen LogP contribution in [0.3, 0.4) is 0 Å². The third-order valence-electron chi connectivity index (χ3n) is 4.01. The Morgan fingerprint density at radius 2 is 2.25 bits per heavy atom. The first-order valence-electron chi connectivity index (χ1n) is 6.73. The van der Waals surface area contributed by atoms with Crippen LogP contribution in [0, 0.1) is 0 Å². The lowest BCUT2D eigenvalue weighted by Gasteiger charge is -2.25. The number of hydrogen-bond donors (Lipinski definition) is 1. The first kappa shape index (κ1) is 12.4. The number of anilines is 1. The molecule has 102 valence electrons. The van der Waals surface area contributed by atoms with Crippen molar-refractivity contribution >= 4 is 44.2 Å². The average molecular weight is 348 g/mol. The lowest BCUT2D eigenvalue weighted by Crippen LogP contribution is -2.17. The number of fused-ring (bicyclic) bond motifs is 2. The van der Waals surface area contributed by atoms with Gasteiger partial charge in [-0.15, -0.1) is 11.3 Å². The number of aromatic nitrogens is 2. The highest BCUT2D eigenvalue weighted by Gasteiger charge is 2.25.